The molecule has 0 unspecified atom stereocenters. The minimum absolute atomic E-state index is 0.0739. The summed E-state index contributed by atoms with van der Waals surface area (Å²) < 4.78 is 18.4. The second-order valence-corrected chi connectivity index (χ2v) is 4.09. The van der Waals surface area contributed by atoms with E-state index in [-0.39, 0.29) is 18.2 Å². The van der Waals surface area contributed by atoms with Gasteiger partial charge in [0.25, 0.3) is 0 Å². The van der Waals surface area contributed by atoms with E-state index < -0.39 is 5.82 Å². The first-order valence-corrected chi connectivity index (χ1v) is 5.69. The van der Waals surface area contributed by atoms with Crippen LogP contribution in [0.2, 0.25) is 5.02 Å². The molecule has 1 aromatic carbocycles. The largest absolute Gasteiger partial charge is 0.487 e. The molecule has 3 nitrogen and oxygen atoms in total. The average Bonchev–Trinajstić information content (AvgIpc) is 2.41. The molecule has 0 saturated heterocycles. The third-order valence-electron chi connectivity index (χ3n) is 2.35. The number of aliphatic hydroxyl groups excluding tert-OH is 1. The van der Waals surface area contributed by atoms with Crippen molar-refractivity contribution in [3.8, 4) is 5.75 Å². The van der Waals surface area contributed by atoms with E-state index >= 15 is 0 Å². The van der Waals surface area contributed by atoms with Crippen LogP contribution in [-0.2, 0) is 13.2 Å². The van der Waals surface area contributed by atoms with Gasteiger partial charge >= 0.3 is 0 Å². The minimum atomic E-state index is -0.450. The van der Waals surface area contributed by atoms with Gasteiger partial charge in [0.15, 0.2) is 0 Å². The first-order chi connectivity index (χ1) is 8.69. The third-order valence-corrected chi connectivity index (χ3v) is 2.64. The van der Waals surface area contributed by atoms with Gasteiger partial charge in [0.2, 0.25) is 0 Å². The van der Waals surface area contributed by atoms with Crippen molar-refractivity contribution < 1.29 is 14.2 Å². The number of hydrogen-bond donors (Lipinski definition) is 1. The van der Waals surface area contributed by atoms with Gasteiger partial charge < -0.3 is 9.84 Å². The second-order valence-electron chi connectivity index (χ2n) is 3.68. The van der Waals surface area contributed by atoms with Gasteiger partial charge in [0.05, 0.1) is 23.5 Å². The molecule has 0 aliphatic carbocycles. The molecule has 0 saturated carbocycles. The van der Waals surface area contributed by atoms with Gasteiger partial charge in [0.1, 0.15) is 18.2 Å². The highest BCUT2D eigenvalue weighted by Crippen LogP contribution is 2.18. The van der Waals surface area contributed by atoms with Gasteiger partial charge in [-0.15, -0.1) is 0 Å². The van der Waals surface area contributed by atoms with Crippen LogP contribution in [-0.4, -0.2) is 10.1 Å². The van der Waals surface area contributed by atoms with Crippen LogP contribution in [0.1, 0.15) is 11.3 Å². The number of benzene rings is 1. The van der Waals surface area contributed by atoms with E-state index in [1.165, 1.54) is 18.3 Å². The van der Waals surface area contributed by atoms with Crippen LogP contribution in [0.4, 0.5) is 4.39 Å². The van der Waals surface area contributed by atoms with Crippen molar-refractivity contribution in [2.45, 2.75) is 13.2 Å². The predicted molar refractivity (Wildman–Crippen MR) is 65.9 cm³/mol. The predicted octanol–water partition coefficient (Wildman–Crippen LogP) is 2.95. The third kappa shape index (κ3) is 3.18. The Labute approximate surface area is 109 Å². The van der Waals surface area contributed by atoms with Crippen LogP contribution in [0.3, 0.4) is 0 Å². The van der Waals surface area contributed by atoms with Crippen LogP contribution in [0, 0.1) is 5.82 Å². The SMILES string of the molecule is OCc1ccc(OCc2ccc(F)c(Cl)c2)cn1. The van der Waals surface area contributed by atoms with E-state index in [1.54, 1.807) is 18.2 Å². The van der Waals surface area contributed by atoms with Crippen molar-refractivity contribution in [2.75, 3.05) is 0 Å². The van der Waals surface area contributed by atoms with Gasteiger partial charge in [-0.3, -0.25) is 4.98 Å². The molecule has 5 heteroatoms. The second kappa shape index (κ2) is 5.80. The number of aromatic nitrogens is 1. The molecule has 0 atom stereocenters. The molecule has 94 valence electrons. The Morgan fingerprint density at radius 3 is 2.72 bits per heavy atom. The van der Waals surface area contributed by atoms with Crippen LogP contribution in [0.5, 0.6) is 5.75 Å². The van der Waals surface area contributed by atoms with Crippen molar-refractivity contribution in [3.63, 3.8) is 0 Å². The number of hydrogen-bond acceptors (Lipinski definition) is 3. The molecule has 0 bridgehead atoms. The lowest BCUT2D eigenvalue weighted by Crippen LogP contribution is -1.97. The topological polar surface area (TPSA) is 42.4 Å². The molecule has 1 N–H and O–H groups in total. The Bertz CT molecular complexity index is 531. The van der Waals surface area contributed by atoms with Crippen LogP contribution >= 0.6 is 11.6 Å². The fourth-order valence-electron chi connectivity index (χ4n) is 1.39. The Morgan fingerprint density at radius 1 is 1.28 bits per heavy atom. The molecule has 0 radical (unpaired) electrons. The minimum Gasteiger partial charge on any atom is -0.487 e. The summed E-state index contributed by atoms with van der Waals surface area (Å²) in [5, 5.41) is 8.91. The maximum Gasteiger partial charge on any atom is 0.141 e. The molecule has 0 spiro atoms. The highest BCUT2D eigenvalue weighted by Gasteiger charge is 2.02. The van der Waals surface area contributed by atoms with Gasteiger partial charge in [-0.1, -0.05) is 17.7 Å². The summed E-state index contributed by atoms with van der Waals surface area (Å²) in [6.45, 7) is 0.175. The highest BCUT2D eigenvalue weighted by atomic mass is 35.5. The van der Waals surface area contributed by atoms with Crippen molar-refractivity contribution in [2.24, 2.45) is 0 Å². The van der Waals surface area contributed by atoms with Gasteiger partial charge in [-0.25, -0.2) is 4.39 Å². The van der Waals surface area contributed by atoms with E-state index in [0.29, 0.717) is 11.4 Å². The zero-order valence-electron chi connectivity index (χ0n) is 9.44. The molecule has 2 aromatic rings. The van der Waals surface area contributed by atoms with Crippen LogP contribution in [0.25, 0.3) is 0 Å². The van der Waals surface area contributed by atoms with Gasteiger partial charge in [-0.05, 0) is 29.8 Å². The Kier molecular flexibility index (Phi) is 4.12. The van der Waals surface area contributed by atoms with Crippen molar-refractivity contribution in [1.82, 2.24) is 4.98 Å². The summed E-state index contributed by atoms with van der Waals surface area (Å²) in [4.78, 5) is 3.98. The molecule has 0 fully saturated rings. The zero-order chi connectivity index (χ0) is 13.0. The summed E-state index contributed by atoms with van der Waals surface area (Å²) in [6.07, 6.45) is 1.52. The van der Waals surface area contributed by atoms with Crippen molar-refractivity contribution >= 4 is 11.6 Å². The Morgan fingerprint density at radius 2 is 2.11 bits per heavy atom. The maximum atomic E-state index is 12.9. The first-order valence-electron chi connectivity index (χ1n) is 5.31. The fraction of sp³-hybridized carbons (Fsp3) is 0.154. The Balaban J connectivity index is 1.99. The van der Waals surface area contributed by atoms with E-state index in [4.69, 9.17) is 21.4 Å². The van der Waals surface area contributed by atoms with Gasteiger partial charge in [-0.2, -0.15) is 0 Å². The molecular formula is C13H11ClFNO2. The molecule has 1 aromatic heterocycles. The number of aliphatic hydroxyl groups is 1. The van der Waals surface area contributed by atoms with Crippen molar-refractivity contribution in [3.05, 3.63) is 58.6 Å². The molecule has 18 heavy (non-hydrogen) atoms. The monoisotopic (exact) mass is 267 g/mol. The van der Waals surface area contributed by atoms with Gasteiger partial charge in [0, 0.05) is 0 Å². The highest BCUT2D eigenvalue weighted by molar-refractivity contribution is 6.30. The number of rotatable bonds is 4. The zero-order valence-corrected chi connectivity index (χ0v) is 10.2. The molecule has 0 aliphatic heterocycles. The molecule has 2 rings (SSSR count). The van der Waals surface area contributed by atoms with Crippen LogP contribution in [0.15, 0.2) is 36.5 Å². The summed E-state index contributed by atoms with van der Waals surface area (Å²) >= 11 is 5.66. The van der Waals surface area contributed by atoms with E-state index in [2.05, 4.69) is 4.98 Å². The smallest absolute Gasteiger partial charge is 0.141 e. The summed E-state index contributed by atoms with van der Waals surface area (Å²) in [6, 6.07) is 7.81. The molecule has 0 amide bonds. The normalized spacial score (nSPS) is 10.4. The van der Waals surface area contributed by atoms with E-state index in [1.807, 2.05) is 0 Å². The average molecular weight is 268 g/mol. The lowest BCUT2D eigenvalue weighted by atomic mass is 10.2. The maximum absolute atomic E-state index is 12.9. The Hall–Kier alpha value is -1.65. The van der Waals surface area contributed by atoms with Crippen LogP contribution < -0.4 is 4.74 Å². The quantitative estimate of drug-likeness (QED) is 0.926. The number of pyridine rings is 1. The summed E-state index contributed by atoms with van der Waals surface area (Å²) in [5.74, 6) is 0.127. The number of halogens is 2. The molecular weight excluding hydrogens is 257 g/mol. The van der Waals surface area contributed by atoms with E-state index in [0.717, 1.165) is 5.56 Å². The summed E-state index contributed by atoms with van der Waals surface area (Å²) in [5.41, 5.74) is 1.35. The number of ether oxygens (including phenoxy) is 1. The molecule has 1 heterocycles. The number of nitrogens with zero attached hydrogens (tertiary/aromatic N) is 1. The lowest BCUT2D eigenvalue weighted by molar-refractivity contribution is 0.275. The lowest BCUT2D eigenvalue weighted by Gasteiger charge is -2.07. The first kappa shape index (κ1) is 12.8. The van der Waals surface area contributed by atoms with Crippen molar-refractivity contribution in [1.29, 1.82) is 0 Å². The fourth-order valence-corrected chi connectivity index (χ4v) is 1.59. The van der Waals surface area contributed by atoms with E-state index in [9.17, 15) is 4.39 Å². The summed E-state index contributed by atoms with van der Waals surface area (Å²) in [7, 11) is 0. The molecule has 0 aliphatic rings. The standard InChI is InChI=1S/C13H11ClFNO2/c14-12-5-9(1-4-13(12)15)8-18-11-3-2-10(7-17)16-6-11/h1-6,17H,7-8H2.